The molecule has 0 radical (unpaired) electrons. The number of esters is 1. The molecule has 2 aliphatic rings. The van der Waals surface area contributed by atoms with Crippen LogP contribution in [0.25, 0.3) is 21.6 Å². The first kappa shape index (κ1) is 30.5. The maximum atomic E-state index is 14.1. The van der Waals surface area contributed by atoms with Crippen LogP contribution in [0.4, 0.5) is 5.69 Å². The van der Waals surface area contributed by atoms with Crippen molar-refractivity contribution < 1.29 is 23.9 Å². The number of anilines is 1. The van der Waals surface area contributed by atoms with Crippen LogP contribution >= 0.6 is 11.3 Å². The van der Waals surface area contributed by atoms with Crippen LogP contribution in [-0.4, -0.2) is 42.0 Å². The average molecular weight is 625 g/mol. The molecule has 9 nitrogen and oxygen atoms in total. The van der Waals surface area contributed by atoms with Crippen molar-refractivity contribution in [2.24, 2.45) is 5.73 Å². The van der Waals surface area contributed by atoms with Gasteiger partial charge in [0.2, 0.25) is 0 Å². The van der Waals surface area contributed by atoms with Gasteiger partial charge in [-0.15, -0.1) is 11.3 Å². The fourth-order valence-corrected chi connectivity index (χ4v) is 7.16. The first-order valence-corrected chi connectivity index (χ1v) is 16.0. The molecule has 0 unspecified atom stereocenters. The smallest absolute Gasteiger partial charge is 0.357 e. The number of benzene rings is 2. The SMILES string of the molecule is COC(=O)c1nc(C(=O)NC2(C)CCCC2)ccc1-c1cc2c(cc1C(=O)Nc1ccc(CN)cc1C)-c1sccc1CCO2. The highest BCUT2D eigenvalue weighted by molar-refractivity contribution is 7.13. The van der Waals surface area contributed by atoms with Crippen LogP contribution in [0, 0.1) is 6.92 Å². The molecule has 2 amide bonds. The topological polar surface area (TPSA) is 133 Å². The highest BCUT2D eigenvalue weighted by Gasteiger charge is 2.32. The minimum absolute atomic E-state index is 0.0651. The van der Waals surface area contributed by atoms with Crippen LogP contribution in [0.2, 0.25) is 0 Å². The number of methoxy groups -OCH3 is 1. The third kappa shape index (κ3) is 6.08. The van der Waals surface area contributed by atoms with Gasteiger partial charge in [0.15, 0.2) is 5.69 Å². The van der Waals surface area contributed by atoms with E-state index >= 15 is 0 Å². The Morgan fingerprint density at radius 2 is 1.82 bits per heavy atom. The Morgan fingerprint density at radius 3 is 2.56 bits per heavy atom. The van der Waals surface area contributed by atoms with Crippen molar-refractivity contribution in [1.29, 1.82) is 0 Å². The number of carbonyl (C=O) groups excluding carboxylic acids is 3. The maximum absolute atomic E-state index is 14.1. The van der Waals surface area contributed by atoms with Crippen LogP contribution in [0.1, 0.15) is 80.6 Å². The second-order valence-electron chi connectivity index (χ2n) is 11.9. The van der Waals surface area contributed by atoms with Crippen molar-refractivity contribution >= 4 is 34.8 Å². The number of fused-ring (bicyclic) bond motifs is 3. The summed E-state index contributed by atoms with van der Waals surface area (Å²) in [5.74, 6) is -0.854. The molecule has 0 atom stereocenters. The van der Waals surface area contributed by atoms with Gasteiger partial charge in [0.25, 0.3) is 11.8 Å². The monoisotopic (exact) mass is 624 g/mol. The summed E-state index contributed by atoms with van der Waals surface area (Å²) in [5, 5.41) is 8.18. The number of hydrogen-bond acceptors (Lipinski definition) is 8. The largest absolute Gasteiger partial charge is 0.493 e. The van der Waals surface area contributed by atoms with Gasteiger partial charge < -0.3 is 25.8 Å². The van der Waals surface area contributed by atoms with Crippen molar-refractivity contribution in [3.63, 3.8) is 0 Å². The molecule has 1 saturated carbocycles. The van der Waals surface area contributed by atoms with E-state index in [1.165, 1.54) is 7.11 Å². The van der Waals surface area contributed by atoms with E-state index in [2.05, 4.69) is 21.7 Å². The number of aromatic nitrogens is 1. The van der Waals surface area contributed by atoms with E-state index in [0.717, 1.165) is 59.2 Å². The van der Waals surface area contributed by atoms with Gasteiger partial charge in [-0.25, -0.2) is 9.78 Å². The molecule has 0 bridgehead atoms. The fraction of sp³-hybridized carbons (Fsp3) is 0.314. The summed E-state index contributed by atoms with van der Waals surface area (Å²) in [5.41, 5.74) is 11.1. The molecule has 1 aliphatic carbocycles. The van der Waals surface area contributed by atoms with E-state index in [1.54, 1.807) is 29.5 Å². The zero-order valence-electron chi connectivity index (χ0n) is 25.6. The van der Waals surface area contributed by atoms with Crippen LogP contribution in [-0.2, 0) is 17.7 Å². The van der Waals surface area contributed by atoms with E-state index < -0.39 is 5.97 Å². The Morgan fingerprint density at radius 1 is 1.02 bits per heavy atom. The molecule has 45 heavy (non-hydrogen) atoms. The summed E-state index contributed by atoms with van der Waals surface area (Å²) >= 11 is 1.59. The molecular formula is C35H36N4O5S. The molecule has 1 fully saturated rings. The second kappa shape index (κ2) is 12.5. The van der Waals surface area contributed by atoms with E-state index in [9.17, 15) is 14.4 Å². The van der Waals surface area contributed by atoms with E-state index in [1.807, 2.05) is 43.5 Å². The number of rotatable bonds is 7. The molecule has 0 spiro atoms. The maximum Gasteiger partial charge on any atom is 0.357 e. The van der Waals surface area contributed by atoms with Crippen molar-refractivity contribution in [3.05, 3.63) is 87.6 Å². The predicted octanol–water partition coefficient (Wildman–Crippen LogP) is 6.28. The Bertz CT molecular complexity index is 1810. The van der Waals surface area contributed by atoms with Crippen LogP contribution in [0.15, 0.2) is 53.9 Å². The van der Waals surface area contributed by atoms with E-state index in [0.29, 0.717) is 41.3 Å². The van der Waals surface area contributed by atoms with Crippen LogP contribution < -0.4 is 21.1 Å². The minimum Gasteiger partial charge on any atom is -0.493 e. The lowest BCUT2D eigenvalue weighted by molar-refractivity contribution is 0.0594. The van der Waals surface area contributed by atoms with Gasteiger partial charge in [-0.3, -0.25) is 9.59 Å². The van der Waals surface area contributed by atoms with Gasteiger partial charge in [0.05, 0.1) is 13.7 Å². The van der Waals surface area contributed by atoms with E-state index in [-0.39, 0.29) is 28.7 Å². The molecule has 2 aromatic carbocycles. The lowest BCUT2D eigenvalue weighted by atomic mass is 9.93. The molecule has 1 aliphatic heterocycles. The fourth-order valence-electron chi connectivity index (χ4n) is 6.18. The van der Waals surface area contributed by atoms with Gasteiger partial charge in [0, 0.05) is 51.3 Å². The van der Waals surface area contributed by atoms with Gasteiger partial charge in [0.1, 0.15) is 11.4 Å². The first-order chi connectivity index (χ1) is 21.7. The number of hydrogen-bond donors (Lipinski definition) is 3. The highest BCUT2D eigenvalue weighted by atomic mass is 32.1. The summed E-state index contributed by atoms with van der Waals surface area (Å²) in [4.78, 5) is 46.1. The van der Waals surface area contributed by atoms with Gasteiger partial charge in [-0.05, 0) is 85.2 Å². The lowest BCUT2D eigenvalue weighted by Gasteiger charge is -2.25. The first-order valence-electron chi connectivity index (χ1n) is 15.1. The van der Waals surface area contributed by atoms with Crippen molar-refractivity contribution in [3.8, 4) is 27.3 Å². The number of nitrogens with zero attached hydrogens (tertiary/aromatic N) is 1. The number of thiophene rings is 1. The molecule has 3 heterocycles. The number of amides is 2. The number of nitrogens with two attached hydrogens (primary N) is 1. The molecule has 10 heteroatoms. The zero-order valence-corrected chi connectivity index (χ0v) is 26.4. The van der Waals surface area contributed by atoms with Crippen LogP contribution in [0.3, 0.4) is 0 Å². The number of aryl methyl sites for hydroxylation is 1. The molecule has 0 saturated heterocycles. The number of carbonyl (C=O) groups is 3. The molecule has 4 aromatic rings. The van der Waals surface area contributed by atoms with E-state index in [4.69, 9.17) is 15.2 Å². The molecule has 6 rings (SSSR count). The summed E-state index contributed by atoms with van der Waals surface area (Å²) < 4.78 is 11.3. The normalized spacial score (nSPS) is 14.8. The number of nitrogens with one attached hydrogen (secondary N) is 2. The minimum atomic E-state index is -0.720. The Hall–Kier alpha value is -4.54. The van der Waals surface area contributed by atoms with Gasteiger partial charge in [-0.2, -0.15) is 0 Å². The Kier molecular flexibility index (Phi) is 8.44. The predicted molar refractivity (Wildman–Crippen MR) is 175 cm³/mol. The average Bonchev–Trinajstić information content (AvgIpc) is 3.66. The second-order valence-corrected chi connectivity index (χ2v) is 12.8. The van der Waals surface area contributed by atoms with Crippen molar-refractivity contribution in [2.45, 2.75) is 58.0 Å². The van der Waals surface area contributed by atoms with Gasteiger partial charge in [-0.1, -0.05) is 25.0 Å². The van der Waals surface area contributed by atoms with Crippen molar-refractivity contribution in [1.82, 2.24) is 10.3 Å². The Balaban J connectivity index is 1.48. The molecule has 2 aromatic heterocycles. The molecule has 4 N–H and O–H groups in total. The Labute approximate surface area is 266 Å². The quantitative estimate of drug-likeness (QED) is 0.206. The number of pyridine rings is 1. The van der Waals surface area contributed by atoms with Crippen LogP contribution in [0.5, 0.6) is 5.75 Å². The summed E-state index contributed by atoms with van der Waals surface area (Å²) in [7, 11) is 1.26. The third-order valence-electron chi connectivity index (χ3n) is 8.68. The zero-order chi connectivity index (χ0) is 31.7. The third-order valence-corrected chi connectivity index (χ3v) is 9.67. The summed E-state index contributed by atoms with van der Waals surface area (Å²) in [6.07, 6.45) is 4.59. The standard InChI is InChI=1S/C35H36N4O5S/c1-20-16-21(19-36)6-8-27(20)38-32(40)25-17-26-29(44-14-10-22-11-15-45-31(22)26)18-24(25)23-7-9-28(37-30(23)34(42)43-3)33(41)39-35(2)12-4-5-13-35/h6-9,11,15-18H,4-5,10,12-14,19,36H2,1-3H3,(H,38,40)(H,39,41). The highest BCUT2D eigenvalue weighted by Crippen LogP contribution is 2.43. The molecule has 232 valence electrons. The summed E-state index contributed by atoms with van der Waals surface area (Å²) in [6.45, 7) is 4.80. The van der Waals surface area contributed by atoms with Crippen molar-refractivity contribution in [2.75, 3.05) is 19.0 Å². The molecular weight excluding hydrogens is 588 g/mol. The lowest BCUT2D eigenvalue weighted by Crippen LogP contribution is -2.44. The number of ether oxygens (including phenoxy) is 2. The van der Waals surface area contributed by atoms with Gasteiger partial charge >= 0.3 is 5.97 Å². The summed E-state index contributed by atoms with van der Waals surface area (Å²) in [6, 6.07) is 14.5.